The summed E-state index contributed by atoms with van der Waals surface area (Å²) in [5, 5.41) is 1.18. The number of hydrogen-bond acceptors (Lipinski definition) is 2. The molecule has 156 valence electrons. The van der Waals surface area contributed by atoms with Gasteiger partial charge in [-0.3, -0.25) is 4.79 Å². The summed E-state index contributed by atoms with van der Waals surface area (Å²) in [4.78, 5) is 13.6. The van der Waals surface area contributed by atoms with E-state index in [0.717, 1.165) is 22.6 Å². The van der Waals surface area contributed by atoms with Crippen LogP contribution in [-0.4, -0.2) is 19.1 Å². The molecule has 0 aliphatic rings. The van der Waals surface area contributed by atoms with Crippen LogP contribution in [0.1, 0.15) is 21.6 Å². The van der Waals surface area contributed by atoms with Crippen molar-refractivity contribution in [3.8, 4) is 16.9 Å². The van der Waals surface area contributed by atoms with Gasteiger partial charge < -0.3 is 9.12 Å². The molecule has 31 heavy (non-hydrogen) atoms. The van der Waals surface area contributed by atoms with Crippen molar-refractivity contribution in [3.05, 3.63) is 106 Å². The van der Waals surface area contributed by atoms with Gasteiger partial charge in [0.05, 0.1) is 10.6 Å². The Morgan fingerprint density at radius 2 is 1.42 bits per heavy atom. The van der Waals surface area contributed by atoms with E-state index < -0.39 is 11.1 Å². The summed E-state index contributed by atoms with van der Waals surface area (Å²) in [6, 6.07) is 22.7. The van der Waals surface area contributed by atoms with E-state index in [4.69, 9.17) is 23.2 Å². The number of aromatic nitrogens is 1. The Bertz CT molecular complexity index is 1280. The molecule has 7 heteroatoms. The minimum atomic E-state index is -2.06. The molecule has 4 rings (SSSR count). The number of ketones is 1. The third kappa shape index (κ3) is 4.36. The molecule has 0 saturated carbocycles. The number of nitrogens with zero attached hydrogens (tertiary/aromatic N) is 1. The molecule has 4 nitrogen and oxygen atoms in total. The molecule has 1 N–H and O–H groups in total. The van der Waals surface area contributed by atoms with Gasteiger partial charge in [-0.15, -0.1) is 0 Å². The molecule has 0 saturated heterocycles. The number of carbonyl (C=O) groups excluding carboxylic acids is 1. The predicted molar refractivity (Wildman–Crippen MR) is 125 cm³/mol. The lowest BCUT2D eigenvalue weighted by atomic mass is 10.0. The zero-order valence-electron chi connectivity index (χ0n) is 16.4. The van der Waals surface area contributed by atoms with E-state index in [1.54, 1.807) is 60.7 Å². The molecule has 0 bridgehead atoms. The summed E-state index contributed by atoms with van der Waals surface area (Å²) < 4.78 is 22.6. The van der Waals surface area contributed by atoms with Crippen LogP contribution in [0.2, 0.25) is 10.0 Å². The smallest absolute Gasteiger partial charge is 0.194 e. The largest absolute Gasteiger partial charge is 0.313 e. The lowest BCUT2D eigenvalue weighted by Crippen LogP contribution is -2.05. The molecule has 0 fully saturated rings. The predicted octanol–water partition coefficient (Wildman–Crippen LogP) is 6.57. The van der Waals surface area contributed by atoms with Crippen LogP contribution < -0.4 is 0 Å². The van der Waals surface area contributed by atoms with Crippen LogP contribution in [0.25, 0.3) is 16.9 Å². The van der Waals surface area contributed by atoms with E-state index in [-0.39, 0.29) is 5.78 Å². The highest BCUT2D eigenvalue weighted by Crippen LogP contribution is 2.32. The molecule has 1 aromatic heterocycles. The highest BCUT2D eigenvalue weighted by atomic mass is 35.5. The second-order valence-electron chi connectivity index (χ2n) is 6.95. The van der Waals surface area contributed by atoms with Crippen molar-refractivity contribution < 1.29 is 13.6 Å². The first kappa shape index (κ1) is 21.5. The second kappa shape index (κ2) is 8.81. The van der Waals surface area contributed by atoms with Crippen molar-refractivity contribution in [3.63, 3.8) is 0 Å². The highest BCUT2D eigenvalue weighted by molar-refractivity contribution is 7.79. The van der Waals surface area contributed by atoms with Crippen LogP contribution in [0.15, 0.2) is 83.8 Å². The lowest BCUT2D eigenvalue weighted by Gasteiger charge is -2.13. The van der Waals surface area contributed by atoms with Gasteiger partial charge in [-0.1, -0.05) is 35.3 Å². The van der Waals surface area contributed by atoms with Crippen molar-refractivity contribution in [1.82, 2.24) is 4.57 Å². The molecular weight excluding hydrogens is 453 g/mol. The monoisotopic (exact) mass is 469 g/mol. The summed E-state index contributed by atoms with van der Waals surface area (Å²) in [6.45, 7) is 1.88. The normalized spacial score (nSPS) is 12.0. The Kier molecular flexibility index (Phi) is 6.12. The first-order valence-electron chi connectivity index (χ1n) is 9.35. The summed E-state index contributed by atoms with van der Waals surface area (Å²) >= 11 is 9.96. The molecule has 3 aromatic carbocycles. The maximum Gasteiger partial charge on any atom is 0.194 e. The van der Waals surface area contributed by atoms with Gasteiger partial charge in [0.1, 0.15) is 0 Å². The van der Waals surface area contributed by atoms with E-state index in [0.29, 0.717) is 26.1 Å². The number of carbonyl (C=O) groups is 1. The second-order valence-corrected chi connectivity index (χ2v) is 8.79. The average Bonchev–Trinajstić information content (AvgIpc) is 3.11. The minimum absolute atomic E-state index is 0.115. The van der Waals surface area contributed by atoms with Gasteiger partial charge in [-0.25, -0.2) is 4.21 Å². The van der Waals surface area contributed by atoms with Crippen LogP contribution in [0.5, 0.6) is 0 Å². The Labute approximate surface area is 192 Å². The summed E-state index contributed by atoms with van der Waals surface area (Å²) in [5.41, 5.74) is 4.32. The molecule has 0 aliphatic heterocycles. The molecule has 0 aliphatic carbocycles. The lowest BCUT2D eigenvalue weighted by molar-refractivity contribution is 0.103. The van der Waals surface area contributed by atoms with Crippen LogP contribution in [0, 0.1) is 6.92 Å². The van der Waals surface area contributed by atoms with Crippen molar-refractivity contribution >= 4 is 40.1 Å². The fraction of sp³-hybridized carbons (Fsp3) is 0.0417. The van der Waals surface area contributed by atoms with Gasteiger partial charge in [0.25, 0.3) is 0 Å². The van der Waals surface area contributed by atoms with E-state index in [2.05, 4.69) is 0 Å². The number of halogens is 2. The van der Waals surface area contributed by atoms with Gasteiger partial charge >= 0.3 is 0 Å². The Balaban J connectivity index is 1.89. The van der Waals surface area contributed by atoms with Gasteiger partial charge in [-0.2, -0.15) is 0 Å². The van der Waals surface area contributed by atoms with Gasteiger partial charge in [0.2, 0.25) is 0 Å². The van der Waals surface area contributed by atoms with E-state index >= 15 is 0 Å². The zero-order valence-corrected chi connectivity index (χ0v) is 18.7. The zero-order chi connectivity index (χ0) is 22.1. The molecular formula is C24H17Cl2NO3S. The molecule has 1 heterocycles. The van der Waals surface area contributed by atoms with Gasteiger partial charge in [0, 0.05) is 32.6 Å². The van der Waals surface area contributed by atoms with Gasteiger partial charge in [0.15, 0.2) is 16.9 Å². The van der Waals surface area contributed by atoms with Crippen molar-refractivity contribution in [1.29, 1.82) is 0 Å². The van der Waals surface area contributed by atoms with E-state index in [1.165, 1.54) is 0 Å². The fourth-order valence-corrected chi connectivity index (χ4v) is 4.09. The minimum Gasteiger partial charge on any atom is -0.313 e. The standard InChI is InChI=1S/C24H17Cl2NO3S/c1-15-22(24(28)17-4-8-19(26)9-5-17)14-23(16-2-6-18(25)7-3-16)27(15)20-10-12-21(13-11-20)31(29)30/h2-14H,1H3,(H,29,30). The molecule has 1 atom stereocenters. The topological polar surface area (TPSA) is 59.3 Å². The Hall–Kier alpha value is -2.70. The van der Waals surface area contributed by atoms with Crippen LogP contribution in [0.3, 0.4) is 0 Å². The van der Waals surface area contributed by atoms with Crippen LogP contribution in [-0.2, 0) is 11.1 Å². The average molecular weight is 470 g/mol. The maximum absolute atomic E-state index is 13.3. The molecule has 0 spiro atoms. The Morgan fingerprint density at radius 1 is 0.871 bits per heavy atom. The molecule has 4 aromatic rings. The van der Waals surface area contributed by atoms with E-state index in [1.807, 2.05) is 29.7 Å². The number of rotatable bonds is 5. The summed E-state index contributed by atoms with van der Waals surface area (Å²) in [6.07, 6.45) is 0. The SMILES string of the molecule is Cc1c(C(=O)c2ccc(Cl)cc2)cc(-c2ccc(Cl)cc2)n1-c1ccc(S(=O)O)cc1. The van der Waals surface area contributed by atoms with E-state index in [9.17, 15) is 13.6 Å². The number of benzene rings is 3. The molecule has 1 unspecified atom stereocenters. The Morgan fingerprint density at radius 3 is 1.97 bits per heavy atom. The first-order valence-corrected chi connectivity index (χ1v) is 11.2. The third-order valence-corrected chi connectivity index (χ3v) is 6.21. The van der Waals surface area contributed by atoms with Crippen LogP contribution in [0.4, 0.5) is 0 Å². The van der Waals surface area contributed by atoms with Crippen molar-refractivity contribution in [2.45, 2.75) is 11.8 Å². The van der Waals surface area contributed by atoms with Crippen molar-refractivity contribution in [2.24, 2.45) is 0 Å². The number of hydrogen-bond donors (Lipinski definition) is 1. The quantitative estimate of drug-likeness (QED) is 0.265. The first-order chi connectivity index (χ1) is 14.8. The maximum atomic E-state index is 13.3. The molecule has 0 radical (unpaired) electrons. The van der Waals surface area contributed by atoms with Crippen molar-refractivity contribution in [2.75, 3.05) is 0 Å². The fourth-order valence-electron chi connectivity index (χ4n) is 3.47. The third-order valence-electron chi connectivity index (χ3n) is 5.03. The highest BCUT2D eigenvalue weighted by Gasteiger charge is 2.21. The molecule has 0 amide bonds. The summed E-state index contributed by atoms with van der Waals surface area (Å²) in [5.74, 6) is -0.115. The summed E-state index contributed by atoms with van der Waals surface area (Å²) in [7, 11) is 0. The van der Waals surface area contributed by atoms with Gasteiger partial charge in [-0.05, 0) is 79.2 Å². The van der Waals surface area contributed by atoms with Crippen LogP contribution >= 0.6 is 23.2 Å².